The Morgan fingerprint density at radius 3 is 2.21 bits per heavy atom. The fraction of sp³-hybridized carbons (Fsp3) is 0.259. The van der Waals surface area contributed by atoms with E-state index in [0.29, 0.717) is 18.3 Å². The quantitative estimate of drug-likeness (QED) is 0.487. The summed E-state index contributed by atoms with van der Waals surface area (Å²) in [6.45, 7) is -0.000627. The van der Waals surface area contributed by atoms with Gasteiger partial charge in [-0.05, 0) is 73.1 Å². The number of amides is 1. The molecule has 33 heavy (non-hydrogen) atoms. The topological polar surface area (TPSA) is 76.1 Å². The van der Waals surface area contributed by atoms with Gasteiger partial charge < -0.3 is 14.6 Å². The predicted molar refractivity (Wildman–Crippen MR) is 126 cm³/mol. The van der Waals surface area contributed by atoms with Crippen molar-refractivity contribution < 1.29 is 24.2 Å². The third-order valence-electron chi connectivity index (χ3n) is 5.86. The van der Waals surface area contributed by atoms with E-state index in [1.54, 1.807) is 4.90 Å². The lowest BCUT2D eigenvalue weighted by atomic mass is 9.82. The second-order valence-corrected chi connectivity index (χ2v) is 8.09. The molecular formula is C27H27NO5. The van der Waals surface area contributed by atoms with Gasteiger partial charge in [0.2, 0.25) is 0 Å². The maximum Gasteiger partial charge on any atom is 0.418 e. The highest BCUT2D eigenvalue weighted by molar-refractivity contribution is 5.95. The Balaban J connectivity index is 1.36. The minimum absolute atomic E-state index is 0.338. The van der Waals surface area contributed by atoms with E-state index in [1.807, 2.05) is 72.8 Å². The first-order chi connectivity index (χ1) is 16.1. The van der Waals surface area contributed by atoms with Gasteiger partial charge in [-0.25, -0.2) is 14.5 Å². The summed E-state index contributed by atoms with van der Waals surface area (Å²) in [7, 11) is 0. The van der Waals surface area contributed by atoms with Crippen LogP contribution < -0.4 is 9.64 Å². The molecule has 0 heterocycles. The van der Waals surface area contributed by atoms with E-state index in [2.05, 4.69) is 6.07 Å². The summed E-state index contributed by atoms with van der Waals surface area (Å²) in [6.07, 6.45) is 3.00. The molecule has 3 aromatic rings. The number of carboxylic acid groups (broad SMARTS) is 1. The zero-order valence-corrected chi connectivity index (χ0v) is 18.4. The van der Waals surface area contributed by atoms with E-state index >= 15 is 0 Å². The summed E-state index contributed by atoms with van der Waals surface area (Å²) in [5.74, 6) is 0.0613. The number of carboxylic acids is 1. The molecule has 0 fully saturated rings. The number of benzene rings is 3. The number of aliphatic carboxylic acids is 1. The molecule has 6 heteroatoms. The summed E-state index contributed by atoms with van der Waals surface area (Å²) in [5.41, 5.74) is 3.78. The maximum absolute atomic E-state index is 13.0. The predicted octanol–water partition coefficient (Wildman–Crippen LogP) is 5.62. The first kappa shape index (κ1) is 22.4. The van der Waals surface area contributed by atoms with Gasteiger partial charge in [0.15, 0.2) is 6.61 Å². The van der Waals surface area contributed by atoms with E-state index < -0.39 is 12.1 Å². The van der Waals surface area contributed by atoms with Crippen LogP contribution in [0, 0.1) is 5.92 Å². The number of hydrogen-bond donors (Lipinski definition) is 1. The van der Waals surface area contributed by atoms with Crippen LogP contribution in [0.5, 0.6) is 5.75 Å². The molecular weight excluding hydrogens is 418 g/mol. The fourth-order valence-electron chi connectivity index (χ4n) is 4.26. The Bertz CT molecular complexity index is 1040. The van der Waals surface area contributed by atoms with Crippen LogP contribution >= 0.6 is 0 Å². The molecule has 6 nitrogen and oxygen atoms in total. The van der Waals surface area contributed by atoms with Gasteiger partial charge in [-0.3, -0.25) is 0 Å². The van der Waals surface area contributed by atoms with Crippen LogP contribution in [0.4, 0.5) is 16.2 Å². The number of nitrogens with zero attached hydrogens (tertiary/aromatic N) is 1. The van der Waals surface area contributed by atoms with E-state index in [1.165, 1.54) is 5.56 Å². The van der Waals surface area contributed by atoms with Gasteiger partial charge in [0.1, 0.15) is 5.75 Å². The van der Waals surface area contributed by atoms with Crippen LogP contribution in [-0.4, -0.2) is 30.4 Å². The Kier molecular flexibility index (Phi) is 7.25. The Morgan fingerprint density at radius 2 is 1.58 bits per heavy atom. The molecule has 1 unspecified atom stereocenters. The monoisotopic (exact) mass is 445 g/mol. The Labute approximate surface area is 193 Å². The zero-order chi connectivity index (χ0) is 23.0. The van der Waals surface area contributed by atoms with Crippen molar-refractivity contribution in [1.82, 2.24) is 0 Å². The molecule has 170 valence electrons. The molecule has 0 aromatic heterocycles. The van der Waals surface area contributed by atoms with E-state index in [9.17, 15) is 9.59 Å². The minimum atomic E-state index is -0.983. The molecule has 1 N–H and O–H groups in total. The summed E-state index contributed by atoms with van der Waals surface area (Å²) in [6, 6.07) is 24.7. The molecule has 1 atom stereocenters. The minimum Gasteiger partial charge on any atom is -0.482 e. The van der Waals surface area contributed by atoms with Crippen molar-refractivity contribution in [2.75, 3.05) is 18.1 Å². The van der Waals surface area contributed by atoms with Gasteiger partial charge in [0.05, 0.1) is 18.0 Å². The summed E-state index contributed by atoms with van der Waals surface area (Å²) in [5, 5.41) is 8.88. The number of para-hydroxylation sites is 2. The smallest absolute Gasteiger partial charge is 0.418 e. The van der Waals surface area contributed by atoms with E-state index in [-0.39, 0.29) is 6.61 Å². The number of anilines is 2. The second-order valence-electron chi connectivity index (χ2n) is 8.09. The van der Waals surface area contributed by atoms with Crippen molar-refractivity contribution in [2.45, 2.75) is 25.7 Å². The molecule has 3 aromatic carbocycles. The molecule has 0 spiro atoms. The van der Waals surface area contributed by atoms with Gasteiger partial charge in [-0.2, -0.15) is 0 Å². The van der Waals surface area contributed by atoms with Gasteiger partial charge >= 0.3 is 12.1 Å². The lowest BCUT2D eigenvalue weighted by Crippen LogP contribution is -2.28. The van der Waals surface area contributed by atoms with Crippen molar-refractivity contribution in [3.63, 3.8) is 0 Å². The maximum atomic E-state index is 13.0. The first-order valence-electron chi connectivity index (χ1n) is 11.1. The molecule has 0 saturated carbocycles. The largest absolute Gasteiger partial charge is 0.482 e. The van der Waals surface area contributed by atoms with Crippen LogP contribution in [0.25, 0.3) is 0 Å². The summed E-state index contributed by atoms with van der Waals surface area (Å²) >= 11 is 0. The van der Waals surface area contributed by atoms with E-state index in [4.69, 9.17) is 14.6 Å². The van der Waals surface area contributed by atoms with Gasteiger partial charge in [0, 0.05) is 0 Å². The number of rotatable bonds is 8. The van der Waals surface area contributed by atoms with Gasteiger partial charge in [-0.15, -0.1) is 0 Å². The van der Waals surface area contributed by atoms with Crippen molar-refractivity contribution in [1.29, 1.82) is 0 Å². The lowest BCUT2D eigenvalue weighted by Gasteiger charge is -2.27. The highest BCUT2D eigenvalue weighted by Gasteiger charge is 2.23. The highest BCUT2D eigenvalue weighted by Crippen LogP contribution is 2.34. The molecule has 1 aliphatic rings. The number of hydrogen-bond acceptors (Lipinski definition) is 4. The molecule has 0 aliphatic heterocycles. The van der Waals surface area contributed by atoms with Crippen molar-refractivity contribution in [3.8, 4) is 5.75 Å². The van der Waals surface area contributed by atoms with Gasteiger partial charge in [0.25, 0.3) is 0 Å². The van der Waals surface area contributed by atoms with Crippen LogP contribution in [0.1, 0.15) is 24.0 Å². The fourth-order valence-corrected chi connectivity index (χ4v) is 4.26. The average molecular weight is 446 g/mol. The second kappa shape index (κ2) is 10.7. The van der Waals surface area contributed by atoms with Crippen molar-refractivity contribution in [3.05, 3.63) is 90.0 Å². The van der Waals surface area contributed by atoms with Crippen LogP contribution in [0.3, 0.4) is 0 Å². The molecule has 0 radical (unpaired) electrons. The number of carbonyl (C=O) groups excluding carboxylic acids is 1. The Morgan fingerprint density at radius 1 is 0.909 bits per heavy atom. The molecule has 0 saturated heterocycles. The highest BCUT2D eigenvalue weighted by atomic mass is 16.6. The van der Waals surface area contributed by atoms with Gasteiger partial charge in [-0.1, -0.05) is 48.5 Å². The summed E-state index contributed by atoms with van der Waals surface area (Å²) in [4.78, 5) is 25.4. The molecule has 1 amide bonds. The molecule has 4 rings (SSSR count). The van der Waals surface area contributed by atoms with Crippen LogP contribution in [-0.2, 0) is 22.4 Å². The standard InChI is InChI=1S/C27H27NO5/c29-26(30)19-33-25-13-7-8-21-18-20(14-15-24(21)25)16-17-32-27(31)28(22-9-3-1-4-10-22)23-11-5-2-6-12-23/h1-13,20H,14-19H2,(H,29,30). The summed E-state index contributed by atoms with van der Waals surface area (Å²) < 4.78 is 11.1. The van der Waals surface area contributed by atoms with E-state index in [0.717, 1.165) is 42.6 Å². The van der Waals surface area contributed by atoms with Crippen molar-refractivity contribution >= 4 is 23.4 Å². The molecule has 0 bridgehead atoms. The SMILES string of the molecule is O=C(O)COc1cccc2c1CCC(CCOC(=O)N(c1ccccc1)c1ccccc1)C2. The molecule has 1 aliphatic carbocycles. The normalized spacial score (nSPS) is 14.7. The third-order valence-corrected chi connectivity index (χ3v) is 5.86. The zero-order valence-electron chi connectivity index (χ0n) is 18.4. The number of fused-ring (bicyclic) bond motifs is 1. The van der Waals surface area contributed by atoms with Crippen LogP contribution in [0.2, 0.25) is 0 Å². The number of carbonyl (C=O) groups is 2. The first-order valence-corrected chi connectivity index (χ1v) is 11.1. The number of ether oxygens (including phenoxy) is 2. The Hall–Kier alpha value is -3.80. The van der Waals surface area contributed by atoms with Crippen LogP contribution in [0.15, 0.2) is 78.9 Å². The lowest BCUT2D eigenvalue weighted by molar-refractivity contribution is -0.139. The van der Waals surface area contributed by atoms with Crippen molar-refractivity contribution in [2.24, 2.45) is 5.92 Å². The average Bonchev–Trinajstić information content (AvgIpc) is 2.84. The third kappa shape index (κ3) is 5.71.